The van der Waals surface area contributed by atoms with Crippen molar-refractivity contribution in [3.63, 3.8) is 0 Å². The normalized spacial score (nSPS) is 19.9. The van der Waals surface area contributed by atoms with Gasteiger partial charge in [-0.1, -0.05) is 24.6 Å². The Morgan fingerprint density at radius 1 is 1.43 bits per heavy atom. The molecule has 0 radical (unpaired) electrons. The van der Waals surface area contributed by atoms with E-state index in [9.17, 15) is 8.42 Å². The molecule has 1 aromatic carbocycles. The molecule has 0 amide bonds. The van der Waals surface area contributed by atoms with E-state index < -0.39 is 10.0 Å². The molecule has 4 nitrogen and oxygen atoms in total. The molecule has 0 saturated carbocycles. The van der Waals surface area contributed by atoms with Crippen molar-refractivity contribution in [3.8, 4) is 0 Å². The molecule has 1 heterocycles. The zero-order valence-electron chi connectivity index (χ0n) is 12.6. The predicted octanol–water partition coefficient (Wildman–Crippen LogP) is 2.80. The van der Waals surface area contributed by atoms with E-state index in [-0.39, 0.29) is 10.9 Å². The van der Waals surface area contributed by atoms with Gasteiger partial charge in [-0.25, -0.2) is 8.42 Å². The standard InChI is InChI=1S/C15H23ClN2O2S/c1-3-9-18(13-5-4-8-17-11-13)21(19,20)15-7-6-12(2)10-14(15)16/h6-7,10,13,17H,3-5,8-9,11H2,1-2H3. The Bertz CT molecular complexity index is 583. The van der Waals surface area contributed by atoms with E-state index in [0.29, 0.717) is 18.1 Å². The van der Waals surface area contributed by atoms with Crippen molar-refractivity contribution in [2.75, 3.05) is 19.6 Å². The van der Waals surface area contributed by atoms with Crippen molar-refractivity contribution in [2.24, 2.45) is 0 Å². The number of hydrogen-bond donors (Lipinski definition) is 1. The zero-order valence-corrected chi connectivity index (χ0v) is 14.2. The van der Waals surface area contributed by atoms with E-state index in [1.807, 2.05) is 13.8 Å². The number of benzene rings is 1. The van der Waals surface area contributed by atoms with Crippen LogP contribution in [0.2, 0.25) is 5.02 Å². The van der Waals surface area contributed by atoms with Crippen LogP contribution >= 0.6 is 11.6 Å². The lowest BCUT2D eigenvalue weighted by Gasteiger charge is -2.33. The number of aryl methyl sites for hydroxylation is 1. The Morgan fingerprint density at radius 2 is 2.19 bits per heavy atom. The highest BCUT2D eigenvalue weighted by Crippen LogP contribution is 2.28. The van der Waals surface area contributed by atoms with Crippen LogP contribution in [-0.2, 0) is 10.0 Å². The average molecular weight is 331 g/mol. The largest absolute Gasteiger partial charge is 0.315 e. The van der Waals surface area contributed by atoms with Crippen molar-refractivity contribution in [1.29, 1.82) is 0 Å². The summed E-state index contributed by atoms with van der Waals surface area (Å²) in [5.41, 5.74) is 0.959. The molecule has 0 aromatic heterocycles. The Labute approximate surface area is 132 Å². The summed E-state index contributed by atoms with van der Waals surface area (Å²) in [5.74, 6) is 0. The van der Waals surface area contributed by atoms with Gasteiger partial charge in [0.25, 0.3) is 0 Å². The highest BCUT2D eigenvalue weighted by molar-refractivity contribution is 7.89. The SMILES string of the molecule is CCCN(C1CCCNC1)S(=O)(=O)c1ccc(C)cc1Cl. The number of nitrogens with zero attached hydrogens (tertiary/aromatic N) is 1. The Hall–Kier alpha value is -0.620. The third-order valence-corrected chi connectivity index (χ3v) is 6.23. The van der Waals surface area contributed by atoms with E-state index in [2.05, 4.69) is 5.32 Å². The maximum Gasteiger partial charge on any atom is 0.244 e. The Kier molecular flexibility index (Phi) is 5.66. The van der Waals surface area contributed by atoms with Gasteiger partial charge in [-0.3, -0.25) is 0 Å². The van der Waals surface area contributed by atoms with E-state index in [0.717, 1.165) is 31.4 Å². The van der Waals surface area contributed by atoms with Gasteiger partial charge in [-0.05, 0) is 50.4 Å². The quantitative estimate of drug-likeness (QED) is 0.903. The van der Waals surface area contributed by atoms with Crippen LogP contribution in [0.3, 0.4) is 0 Å². The molecule has 1 atom stereocenters. The first kappa shape index (κ1) is 16.7. The minimum atomic E-state index is -3.55. The van der Waals surface area contributed by atoms with Gasteiger partial charge in [0.05, 0.1) is 5.02 Å². The van der Waals surface area contributed by atoms with Crippen LogP contribution in [0.4, 0.5) is 0 Å². The maximum atomic E-state index is 13.0. The van der Waals surface area contributed by atoms with Crippen molar-refractivity contribution in [2.45, 2.75) is 44.0 Å². The molecule has 1 aliphatic rings. The van der Waals surface area contributed by atoms with Crippen molar-refractivity contribution >= 4 is 21.6 Å². The summed E-state index contributed by atoms with van der Waals surface area (Å²) in [6.45, 7) is 6.09. The molecule has 1 N–H and O–H groups in total. The fourth-order valence-electron chi connectivity index (χ4n) is 2.74. The lowest BCUT2D eigenvalue weighted by Crippen LogP contribution is -2.48. The van der Waals surface area contributed by atoms with E-state index in [1.54, 1.807) is 22.5 Å². The number of hydrogen-bond acceptors (Lipinski definition) is 3. The van der Waals surface area contributed by atoms with E-state index >= 15 is 0 Å². The van der Waals surface area contributed by atoms with Gasteiger partial charge in [0.2, 0.25) is 10.0 Å². The minimum Gasteiger partial charge on any atom is -0.315 e. The van der Waals surface area contributed by atoms with Crippen LogP contribution in [0.5, 0.6) is 0 Å². The Morgan fingerprint density at radius 3 is 2.76 bits per heavy atom. The number of rotatable bonds is 5. The number of nitrogens with one attached hydrogen (secondary N) is 1. The van der Waals surface area contributed by atoms with Crippen molar-refractivity contribution < 1.29 is 8.42 Å². The first-order valence-corrected chi connectivity index (χ1v) is 9.27. The molecule has 0 spiro atoms. The summed E-state index contributed by atoms with van der Waals surface area (Å²) >= 11 is 6.18. The average Bonchev–Trinajstić information content (AvgIpc) is 2.45. The molecular formula is C15H23ClN2O2S. The molecule has 1 unspecified atom stereocenters. The molecule has 0 aliphatic carbocycles. The van der Waals surface area contributed by atoms with Crippen LogP contribution < -0.4 is 5.32 Å². The fraction of sp³-hybridized carbons (Fsp3) is 0.600. The summed E-state index contributed by atoms with van der Waals surface area (Å²) < 4.78 is 27.6. The first-order valence-electron chi connectivity index (χ1n) is 7.45. The highest BCUT2D eigenvalue weighted by atomic mass is 35.5. The number of halogens is 1. The minimum absolute atomic E-state index is 0.0149. The monoisotopic (exact) mass is 330 g/mol. The lowest BCUT2D eigenvalue weighted by molar-refractivity contribution is 0.266. The lowest BCUT2D eigenvalue weighted by atomic mass is 10.1. The van der Waals surface area contributed by atoms with Gasteiger partial charge >= 0.3 is 0 Å². The summed E-state index contributed by atoms with van der Waals surface area (Å²) in [4.78, 5) is 0.216. The van der Waals surface area contributed by atoms with Crippen molar-refractivity contribution in [3.05, 3.63) is 28.8 Å². The second kappa shape index (κ2) is 7.09. The summed E-state index contributed by atoms with van der Waals surface area (Å²) in [6, 6.07) is 5.13. The smallest absolute Gasteiger partial charge is 0.244 e. The molecule has 0 bridgehead atoms. The fourth-order valence-corrected chi connectivity index (χ4v) is 5.06. The molecular weight excluding hydrogens is 308 g/mol. The second-order valence-corrected chi connectivity index (χ2v) is 7.82. The molecule has 1 aromatic rings. The summed E-state index contributed by atoms with van der Waals surface area (Å²) in [6.07, 6.45) is 2.69. The molecule has 118 valence electrons. The second-order valence-electron chi connectivity index (χ2n) is 5.55. The van der Waals surface area contributed by atoms with E-state index in [4.69, 9.17) is 11.6 Å². The Balaban J connectivity index is 2.36. The number of piperidine rings is 1. The topological polar surface area (TPSA) is 49.4 Å². The summed E-state index contributed by atoms with van der Waals surface area (Å²) in [5, 5.41) is 3.59. The third kappa shape index (κ3) is 3.77. The molecule has 2 rings (SSSR count). The molecule has 1 aliphatic heterocycles. The van der Waals surface area contributed by atoms with Crippen LogP contribution in [0.15, 0.2) is 23.1 Å². The zero-order chi connectivity index (χ0) is 15.5. The van der Waals surface area contributed by atoms with Crippen LogP contribution in [0.25, 0.3) is 0 Å². The van der Waals surface area contributed by atoms with Crippen LogP contribution in [-0.4, -0.2) is 38.4 Å². The van der Waals surface area contributed by atoms with Gasteiger partial charge in [0, 0.05) is 19.1 Å². The van der Waals surface area contributed by atoms with Gasteiger partial charge in [-0.15, -0.1) is 0 Å². The molecule has 1 fully saturated rings. The summed E-state index contributed by atoms with van der Waals surface area (Å²) in [7, 11) is -3.55. The van der Waals surface area contributed by atoms with Gasteiger partial charge in [0.15, 0.2) is 0 Å². The maximum absolute atomic E-state index is 13.0. The van der Waals surface area contributed by atoms with Crippen LogP contribution in [0.1, 0.15) is 31.7 Å². The van der Waals surface area contributed by atoms with E-state index in [1.165, 1.54) is 0 Å². The molecule has 6 heteroatoms. The van der Waals surface area contributed by atoms with Crippen LogP contribution in [0, 0.1) is 6.92 Å². The first-order chi connectivity index (χ1) is 9.96. The predicted molar refractivity (Wildman–Crippen MR) is 86.3 cm³/mol. The van der Waals surface area contributed by atoms with Gasteiger partial charge in [0.1, 0.15) is 4.90 Å². The third-order valence-electron chi connectivity index (χ3n) is 3.80. The van der Waals surface area contributed by atoms with Crippen molar-refractivity contribution in [1.82, 2.24) is 9.62 Å². The number of sulfonamides is 1. The van der Waals surface area contributed by atoms with Gasteiger partial charge in [-0.2, -0.15) is 4.31 Å². The van der Waals surface area contributed by atoms with Gasteiger partial charge < -0.3 is 5.32 Å². The molecule has 21 heavy (non-hydrogen) atoms. The highest BCUT2D eigenvalue weighted by Gasteiger charge is 2.32. The molecule has 1 saturated heterocycles.